The monoisotopic (exact) mass is 486 g/mol. The van der Waals surface area contributed by atoms with Crippen molar-refractivity contribution >= 4 is 11.8 Å². The molecule has 0 fully saturated rings. The molecule has 2 amide bonds. The van der Waals surface area contributed by atoms with Gasteiger partial charge in [0.1, 0.15) is 11.8 Å². The van der Waals surface area contributed by atoms with E-state index in [9.17, 15) is 9.59 Å². The van der Waals surface area contributed by atoms with E-state index in [0.717, 1.165) is 22.3 Å². The Morgan fingerprint density at radius 3 is 2.19 bits per heavy atom. The summed E-state index contributed by atoms with van der Waals surface area (Å²) in [7, 11) is 0. The molecule has 3 aromatic rings. The largest absolute Gasteiger partial charge is 0.483 e. The van der Waals surface area contributed by atoms with Crippen LogP contribution in [0, 0.1) is 6.92 Å². The summed E-state index contributed by atoms with van der Waals surface area (Å²) in [6, 6.07) is 24.9. The Kier molecular flexibility index (Phi) is 9.69. The van der Waals surface area contributed by atoms with Gasteiger partial charge >= 0.3 is 0 Å². The van der Waals surface area contributed by atoms with E-state index in [4.69, 9.17) is 4.74 Å². The zero-order chi connectivity index (χ0) is 26.1. The Morgan fingerprint density at radius 2 is 1.53 bits per heavy atom. The van der Waals surface area contributed by atoms with Gasteiger partial charge in [-0.3, -0.25) is 9.59 Å². The third-order valence-corrected chi connectivity index (χ3v) is 6.03. The smallest absolute Gasteiger partial charge is 0.261 e. The summed E-state index contributed by atoms with van der Waals surface area (Å²) in [5.41, 5.74) is 4.12. The summed E-state index contributed by atoms with van der Waals surface area (Å²) in [5.74, 6) is 0.567. The molecule has 0 aliphatic heterocycles. The first-order valence-electron chi connectivity index (χ1n) is 12.7. The van der Waals surface area contributed by atoms with Gasteiger partial charge in [0.25, 0.3) is 5.91 Å². The standard InChI is InChI=1S/C31H38N2O3/c1-22(2)27-16-9-10-17-29(27)36-21-30(34)33(20-26-15-11-12-24(5)18-26)28(31(35)32-23(3)4)19-25-13-7-6-8-14-25/h6-18,22-23,28H,19-21H2,1-5H3,(H,32,35). The quantitative estimate of drug-likeness (QED) is 0.380. The van der Waals surface area contributed by atoms with Crippen molar-refractivity contribution in [2.75, 3.05) is 6.61 Å². The number of hydrogen-bond acceptors (Lipinski definition) is 3. The van der Waals surface area contributed by atoms with Crippen LogP contribution in [0.4, 0.5) is 0 Å². The van der Waals surface area contributed by atoms with Gasteiger partial charge in [-0.25, -0.2) is 0 Å². The topological polar surface area (TPSA) is 58.6 Å². The Balaban J connectivity index is 1.93. The van der Waals surface area contributed by atoms with Gasteiger partial charge in [-0.05, 0) is 49.4 Å². The molecule has 5 heteroatoms. The summed E-state index contributed by atoms with van der Waals surface area (Å²) >= 11 is 0. The second kappa shape index (κ2) is 12.9. The van der Waals surface area contributed by atoms with Crippen LogP contribution in [0.15, 0.2) is 78.9 Å². The third-order valence-electron chi connectivity index (χ3n) is 6.03. The molecule has 0 aliphatic carbocycles. The van der Waals surface area contributed by atoms with Crippen LogP contribution in [-0.4, -0.2) is 35.4 Å². The van der Waals surface area contributed by atoms with Crippen molar-refractivity contribution < 1.29 is 14.3 Å². The van der Waals surface area contributed by atoms with Crippen LogP contribution in [0.3, 0.4) is 0 Å². The fraction of sp³-hybridized carbons (Fsp3) is 0.355. The zero-order valence-corrected chi connectivity index (χ0v) is 22.0. The molecule has 0 heterocycles. The minimum Gasteiger partial charge on any atom is -0.483 e. The molecule has 190 valence electrons. The van der Waals surface area contributed by atoms with Gasteiger partial charge in [-0.2, -0.15) is 0 Å². The molecule has 1 N–H and O–H groups in total. The summed E-state index contributed by atoms with van der Waals surface area (Å²) in [6.45, 7) is 10.2. The van der Waals surface area contributed by atoms with E-state index in [1.54, 1.807) is 4.90 Å². The number of rotatable bonds is 11. The van der Waals surface area contributed by atoms with Crippen LogP contribution < -0.4 is 10.1 Å². The maximum atomic E-state index is 13.7. The second-order valence-corrected chi connectivity index (χ2v) is 9.86. The van der Waals surface area contributed by atoms with Crippen LogP contribution >= 0.6 is 0 Å². The average Bonchev–Trinajstić information content (AvgIpc) is 2.85. The number of amides is 2. The Labute approximate surface area is 215 Å². The molecule has 0 aliphatic rings. The zero-order valence-electron chi connectivity index (χ0n) is 22.0. The highest BCUT2D eigenvalue weighted by molar-refractivity contribution is 5.88. The Bertz CT molecular complexity index is 1140. The van der Waals surface area contributed by atoms with Gasteiger partial charge in [-0.1, -0.05) is 92.2 Å². The van der Waals surface area contributed by atoms with E-state index in [2.05, 4.69) is 25.2 Å². The van der Waals surface area contributed by atoms with E-state index in [1.807, 2.05) is 93.6 Å². The van der Waals surface area contributed by atoms with Crippen molar-refractivity contribution in [3.63, 3.8) is 0 Å². The number of aryl methyl sites for hydroxylation is 1. The SMILES string of the molecule is Cc1cccc(CN(C(=O)COc2ccccc2C(C)C)C(Cc2ccccc2)C(=O)NC(C)C)c1. The number of para-hydroxylation sites is 1. The lowest BCUT2D eigenvalue weighted by Gasteiger charge is -2.32. The van der Waals surface area contributed by atoms with Crippen LogP contribution in [0.5, 0.6) is 5.75 Å². The fourth-order valence-electron chi connectivity index (χ4n) is 4.25. The van der Waals surface area contributed by atoms with Crippen molar-refractivity contribution in [1.82, 2.24) is 10.2 Å². The highest BCUT2D eigenvalue weighted by Gasteiger charge is 2.31. The molecule has 36 heavy (non-hydrogen) atoms. The molecule has 1 atom stereocenters. The minimum atomic E-state index is -0.674. The fourth-order valence-corrected chi connectivity index (χ4v) is 4.25. The lowest BCUT2D eigenvalue weighted by Crippen LogP contribution is -2.52. The molecule has 3 aromatic carbocycles. The van der Waals surface area contributed by atoms with Gasteiger partial charge < -0.3 is 15.0 Å². The molecule has 0 spiro atoms. The summed E-state index contributed by atoms with van der Waals surface area (Å²) < 4.78 is 6.04. The van der Waals surface area contributed by atoms with Gasteiger partial charge in [0.05, 0.1) is 0 Å². The number of hydrogen-bond donors (Lipinski definition) is 1. The first kappa shape index (κ1) is 27.0. The van der Waals surface area contributed by atoms with Crippen LogP contribution in [0.1, 0.15) is 55.9 Å². The molecule has 0 aromatic heterocycles. The molecular formula is C31H38N2O3. The van der Waals surface area contributed by atoms with Crippen molar-refractivity contribution in [2.45, 2.75) is 65.6 Å². The van der Waals surface area contributed by atoms with Crippen molar-refractivity contribution in [3.8, 4) is 5.75 Å². The predicted molar refractivity (Wildman–Crippen MR) is 145 cm³/mol. The molecule has 0 saturated carbocycles. The van der Waals surface area contributed by atoms with E-state index in [0.29, 0.717) is 18.7 Å². The Hall–Kier alpha value is -3.60. The van der Waals surface area contributed by atoms with E-state index in [-0.39, 0.29) is 30.4 Å². The van der Waals surface area contributed by atoms with E-state index in [1.165, 1.54) is 0 Å². The summed E-state index contributed by atoms with van der Waals surface area (Å²) in [5, 5.41) is 3.02. The Morgan fingerprint density at radius 1 is 0.861 bits per heavy atom. The van der Waals surface area contributed by atoms with Gasteiger partial charge in [0.15, 0.2) is 6.61 Å². The predicted octanol–water partition coefficient (Wildman–Crippen LogP) is 5.66. The van der Waals surface area contributed by atoms with Crippen LogP contribution in [0.25, 0.3) is 0 Å². The first-order valence-corrected chi connectivity index (χ1v) is 12.7. The lowest BCUT2D eigenvalue weighted by atomic mass is 10.0. The maximum Gasteiger partial charge on any atom is 0.261 e. The van der Waals surface area contributed by atoms with Crippen LogP contribution in [-0.2, 0) is 22.6 Å². The van der Waals surface area contributed by atoms with Gasteiger partial charge in [0, 0.05) is 19.0 Å². The molecule has 3 rings (SSSR count). The van der Waals surface area contributed by atoms with E-state index >= 15 is 0 Å². The molecule has 0 saturated heterocycles. The highest BCUT2D eigenvalue weighted by Crippen LogP contribution is 2.26. The van der Waals surface area contributed by atoms with Crippen molar-refractivity contribution in [1.29, 1.82) is 0 Å². The number of carbonyl (C=O) groups is 2. The lowest BCUT2D eigenvalue weighted by molar-refractivity contribution is -0.143. The number of carbonyl (C=O) groups excluding carboxylic acids is 2. The van der Waals surface area contributed by atoms with E-state index < -0.39 is 6.04 Å². The summed E-state index contributed by atoms with van der Waals surface area (Å²) in [4.78, 5) is 28.8. The number of nitrogens with one attached hydrogen (secondary N) is 1. The maximum absolute atomic E-state index is 13.7. The highest BCUT2D eigenvalue weighted by atomic mass is 16.5. The molecule has 0 radical (unpaired) electrons. The average molecular weight is 487 g/mol. The normalized spacial score (nSPS) is 11.9. The third kappa shape index (κ3) is 7.70. The molecule has 5 nitrogen and oxygen atoms in total. The molecule has 1 unspecified atom stereocenters. The molecular weight excluding hydrogens is 448 g/mol. The number of benzene rings is 3. The van der Waals surface area contributed by atoms with Crippen molar-refractivity contribution in [2.24, 2.45) is 0 Å². The van der Waals surface area contributed by atoms with Gasteiger partial charge in [0.2, 0.25) is 5.91 Å². The first-order chi connectivity index (χ1) is 17.2. The summed E-state index contributed by atoms with van der Waals surface area (Å²) in [6.07, 6.45) is 0.416. The molecule has 0 bridgehead atoms. The number of nitrogens with zero attached hydrogens (tertiary/aromatic N) is 1. The van der Waals surface area contributed by atoms with Gasteiger partial charge in [-0.15, -0.1) is 0 Å². The minimum absolute atomic E-state index is 0.0409. The number of ether oxygens (including phenoxy) is 1. The van der Waals surface area contributed by atoms with Crippen molar-refractivity contribution in [3.05, 3.63) is 101 Å². The van der Waals surface area contributed by atoms with Crippen LogP contribution in [0.2, 0.25) is 0 Å². The second-order valence-electron chi connectivity index (χ2n) is 9.86.